The summed E-state index contributed by atoms with van der Waals surface area (Å²) in [5.74, 6) is 2.12. The van der Waals surface area contributed by atoms with Gasteiger partial charge in [-0.25, -0.2) is 0 Å². The zero-order valence-electron chi connectivity index (χ0n) is 18.5. The number of para-hydroxylation sites is 1. The number of ether oxygens (including phenoxy) is 3. The number of hydrogen-bond acceptors (Lipinski definition) is 5. The molecule has 1 fully saturated rings. The third kappa shape index (κ3) is 4.72. The Kier molecular flexibility index (Phi) is 6.63. The van der Waals surface area contributed by atoms with Gasteiger partial charge in [-0.1, -0.05) is 24.3 Å². The molecule has 0 N–H and O–H groups in total. The molecular formula is C25H28N2O5. The molecular weight excluding hydrogens is 408 g/mol. The lowest BCUT2D eigenvalue weighted by Crippen LogP contribution is -2.51. The number of hydrogen-bond donors (Lipinski definition) is 0. The van der Waals surface area contributed by atoms with Crippen LogP contribution in [0.3, 0.4) is 0 Å². The van der Waals surface area contributed by atoms with Crippen LogP contribution in [0.4, 0.5) is 0 Å². The number of piperazine rings is 1. The lowest BCUT2D eigenvalue weighted by molar-refractivity contribution is -0.137. The Morgan fingerprint density at radius 3 is 2.53 bits per heavy atom. The Labute approximate surface area is 188 Å². The van der Waals surface area contributed by atoms with Crippen molar-refractivity contribution >= 4 is 17.9 Å². The van der Waals surface area contributed by atoms with E-state index in [-0.39, 0.29) is 18.4 Å². The molecule has 0 aliphatic carbocycles. The van der Waals surface area contributed by atoms with Crippen LogP contribution in [-0.2, 0) is 16.0 Å². The molecule has 0 spiro atoms. The Morgan fingerprint density at radius 1 is 1.03 bits per heavy atom. The first-order valence-electron chi connectivity index (χ1n) is 10.9. The van der Waals surface area contributed by atoms with Crippen LogP contribution in [0.25, 0.3) is 6.08 Å². The average Bonchev–Trinajstić information content (AvgIpc) is 2.84. The predicted octanol–water partition coefficient (Wildman–Crippen LogP) is 2.78. The molecule has 0 atom stereocenters. The monoisotopic (exact) mass is 436 g/mol. The maximum atomic E-state index is 13.0. The number of amides is 2. The third-order valence-corrected chi connectivity index (χ3v) is 5.69. The second-order valence-electron chi connectivity index (χ2n) is 7.77. The summed E-state index contributed by atoms with van der Waals surface area (Å²) >= 11 is 0. The quantitative estimate of drug-likeness (QED) is 0.697. The van der Waals surface area contributed by atoms with E-state index < -0.39 is 0 Å². The van der Waals surface area contributed by atoms with E-state index in [1.165, 1.54) is 0 Å². The normalized spacial score (nSPS) is 15.4. The SMILES string of the molecule is CCOc1cccc2c1OCC(C(=O)N1CCN(C(=O)Cc3cccc(OC)c3)CC1)=C2. The van der Waals surface area contributed by atoms with Crippen molar-refractivity contribution in [1.82, 2.24) is 9.80 Å². The minimum absolute atomic E-state index is 0.0441. The number of nitrogens with zero attached hydrogens (tertiary/aromatic N) is 2. The van der Waals surface area contributed by atoms with E-state index in [2.05, 4.69) is 0 Å². The van der Waals surface area contributed by atoms with Crippen LogP contribution in [0.5, 0.6) is 17.2 Å². The summed E-state index contributed by atoms with van der Waals surface area (Å²) in [6, 6.07) is 13.2. The molecule has 2 aliphatic heterocycles. The van der Waals surface area contributed by atoms with Gasteiger partial charge in [0.05, 0.1) is 25.7 Å². The van der Waals surface area contributed by atoms with Gasteiger partial charge in [0, 0.05) is 31.7 Å². The maximum absolute atomic E-state index is 13.0. The van der Waals surface area contributed by atoms with Crippen LogP contribution in [0.15, 0.2) is 48.0 Å². The van der Waals surface area contributed by atoms with E-state index in [1.54, 1.807) is 12.0 Å². The number of methoxy groups -OCH3 is 1. The number of benzene rings is 2. The molecule has 2 aromatic rings. The molecule has 7 heteroatoms. The average molecular weight is 437 g/mol. The predicted molar refractivity (Wildman–Crippen MR) is 121 cm³/mol. The molecule has 4 rings (SSSR count). The summed E-state index contributed by atoms with van der Waals surface area (Å²) in [4.78, 5) is 29.4. The molecule has 0 radical (unpaired) electrons. The Balaban J connectivity index is 1.35. The Morgan fingerprint density at radius 2 is 1.78 bits per heavy atom. The van der Waals surface area contributed by atoms with Crippen molar-refractivity contribution in [2.24, 2.45) is 0 Å². The van der Waals surface area contributed by atoms with Crippen molar-refractivity contribution in [3.8, 4) is 17.2 Å². The van der Waals surface area contributed by atoms with E-state index in [0.29, 0.717) is 56.3 Å². The summed E-state index contributed by atoms with van der Waals surface area (Å²) in [7, 11) is 1.61. The highest BCUT2D eigenvalue weighted by Crippen LogP contribution is 2.36. The lowest BCUT2D eigenvalue weighted by atomic mass is 10.1. The summed E-state index contributed by atoms with van der Waals surface area (Å²) in [5.41, 5.74) is 2.38. The zero-order chi connectivity index (χ0) is 22.5. The van der Waals surface area contributed by atoms with E-state index in [9.17, 15) is 9.59 Å². The lowest BCUT2D eigenvalue weighted by Gasteiger charge is -2.35. The van der Waals surface area contributed by atoms with Gasteiger partial charge < -0.3 is 24.0 Å². The van der Waals surface area contributed by atoms with Crippen molar-refractivity contribution in [3.05, 3.63) is 59.2 Å². The van der Waals surface area contributed by atoms with Crippen LogP contribution >= 0.6 is 0 Å². The summed E-state index contributed by atoms with van der Waals surface area (Å²) in [6.45, 7) is 4.74. The van der Waals surface area contributed by atoms with Gasteiger partial charge in [0.2, 0.25) is 5.91 Å². The molecule has 0 saturated carbocycles. The molecule has 0 unspecified atom stereocenters. The van der Waals surface area contributed by atoms with Crippen molar-refractivity contribution in [2.75, 3.05) is 46.5 Å². The minimum Gasteiger partial charge on any atom is -0.497 e. The van der Waals surface area contributed by atoms with Gasteiger partial charge in [-0.2, -0.15) is 0 Å². The van der Waals surface area contributed by atoms with E-state index >= 15 is 0 Å². The summed E-state index contributed by atoms with van der Waals surface area (Å²) in [5, 5.41) is 0. The van der Waals surface area contributed by atoms with E-state index in [1.807, 2.05) is 60.4 Å². The van der Waals surface area contributed by atoms with E-state index in [0.717, 1.165) is 16.9 Å². The van der Waals surface area contributed by atoms with Crippen LogP contribution in [0.2, 0.25) is 0 Å². The molecule has 2 amide bonds. The van der Waals surface area contributed by atoms with Gasteiger partial charge >= 0.3 is 0 Å². The first-order chi connectivity index (χ1) is 15.6. The smallest absolute Gasteiger partial charge is 0.253 e. The Bertz CT molecular complexity index is 1020. The molecule has 32 heavy (non-hydrogen) atoms. The number of fused-ring (bicyclic) bond motifs is 1. The zero-order valence-corrected chi connectivity index (χ0v) is 18.5. The topological polar surface area (TPSA) is 68.3 Å². The van der Waals surface area contributed by atoms with Crippen molar-refractivity contribution in [2.45, 2.75) is 13.3 Å². The summed E-state index contributed by atoms with van der Waals surface area (Å²) < 4.78 is 16.7. The molecule has 1 saturated heterocycles. The highest BCUT2D eigenvalue weighted by atomic mass is 16.5. The maximum Gasteiger partial charge on any atom is 0.253 e. The third-order valence-electron chi connectivity index (χ3n) is 5.69. The van der Waals surface area contributed by atoms with Crippen molar-refractivity contribution in [1.29, 1.82) is 0 Å². The molecule has 2 aliphatic rings. The van der Waals surface area contributed by atoms with E-state index in [4.69, 9.17) is 14.2 Å². The van der Waals surface area contributed by atoms with Gasteiger partial charge in [0.15, 0.2) is 11.5 Å². The van der Waals surface area contributed by atoms with Crippen molar-refractivity contribution in [3.63, 3.8) is 0 Å². The summed E-state index contributed by atoms with van der Waals surface area (Å²) in [6.07, 6.45) is 2.20. The number of rotatable bonds is 6. The van der Waals surface area contributed by atoms with Crippen LogP contribution < -0.4 is 14.2 Å². The van der Waals surface area contributed by atoms with Gasteiger partial charge in [0.1, 0.15) is 12.4 Å². The fourth-order valence-electron chi connectivity index (χ4n) is 4.00. The van der Waals surface area contributed by atoms with Gasteiger partial charge in [0.25, 0.3) is 5.91 Å². The Hall–Kier alpha value is -3.48. The van der Waals surface area contributed by atoms with Crippen LogP contribution in [0.1, 0.15) is 18.1 Å². The first-order valence-corrected chi connectivity index (χ1v) is 10.9. The highest BCUT2D eigenvalue weighted by Gasteiger charge is 2.28. The van der Waals surface area contributed by atoms with Gasteiger partial charge in [-0.3, -0.25) is 9.59 Å². The molecule has 2 aromatic carbocycles. The molecule has 0 bridgehead atoms. The second kappa shape index (κ2) is 9.77. The van der Waals surface area contributed by atoms with Crippen LogP contribution in [0, 0.1) is 0 Å². The largest absolute Gasteiger partial charge is 0.497 e. The number of carbonyl (C=O) groups is 2. The molecule has 168 valence electrons. The minimum atomic E-state index is -0.0441. The highest BCUT2D eigenvalue weighted by molar-refractivity contribution is 5.99. The van der Waals surface area contributed by atoms with Crippen LogP contribution in [-0.4, -0.2) is 68.1 Å². The molecule has 2 heterocycles. The van der Waals surface area contributed by atoms with Gasteiger partial charge in [-0.05, 0) is 36.8 Å². The molecule has 7 nitrogen and oxygen atoms in total. The standard InChI is InChI=1S/C25H28N2O5/c1-3-31-22-9-5-7-19-16-20(17-32-24(19)22)25(29)27-12-10-26(11-13-27)23(28)15-18-6-4-8-21(14-18)30-2/h4-9,14,16H,3,10-13,15,17H2,1-2H3. The fourth-order valence-corrected chi connectivity index (χ4v) is 4.00. The number of carbonyl (C=O) groups excluding carboxylic acids is 2. The fraction of sp³-hybridized carbons (Fsp3) is 0.360. The molecule has 0 aromatic heterocycles. The second-order valence-corrected chi connectivity index (χ2v) is 7.77. The van der Waals surface area contributed by atoms with Gasteiger partial charge in [-0.15, -0.1) is 0 Å². The first kappa shape index (κ1) is 21.7. The van der Waals surface area contributed by atoms with Crippen molar-refractivity contribution < 1.29 is 23.8 Å².